The molecule has 0 saturated carbocycles. The molecular weight excluding hydrogens is 306 g/mol. The van der Waals surface area contributed by atoms with E-state index in [-0.39, 0.29) is 5.75 Å². The fourth-order valence-corrected chi connectivity index (χ4v) is 2.47. The molecule has 0 bridgehead atoms. The van der Waals surface area contributed by atoms with Crippen molar-refractivity contribution in [1.82, 2.24) is 4.98 Å². The van der Waals surface area contributed by atoms with Gasteiger partial charge < -0.3 is 19.9 Å². The zero-order valence-electron chi connectivity index (χ0n) is 13.2. The van der Waals surface area contributed by atoms with Gasteiger partial charge in [0.05, 0.1) is 31.0 Å². The molecule has 0 unspecified atom stereocenters. The Hall–Kier alpha value is -3.46. The smallest absolute Gasteiger partial charge is 0.162 e. The van der Waals surface area contributed by atoms with Crippen LogP contribution in [0.15, 0.2) is 42.6 Å². The molecule has 0 aliphatic carbocycles. The van der Waals surface area contributed by atoms with Crippen LogP contribution in [0.2, 0.25) is 0 Å². The Bertz CT molecular complexity index is 948. The van der Waals surface area contributed by atoms with Crippen molar-refractivity contribution in [2.45, 2.75) is 0 Å². The van der Waals surface area contributed by atoms with Gasteiger partial charge in [0.15, 0.2) is 11.5 Å². The first-order chi connectivity index (χ1) is 11.7. The van der Waals surface area contributed by atoms with E-state index in [1.54, 1.807) is 50.6 Å². The lowest BCUT2D eigenvalue weighted by atomic mass is 10.1. The van der Waals surface area contributed by atoms with E-state index in [9.17, 15) is 10.4 Å². The second-order valence-corrected chi connectivity index (χ2v) is 5.06. The fraction of sp³-hybridized carbons (Fsp3) is 0.111. The van der Waals surface area contributed by atoms with Gasteiger partial charge in [0.25, 0.3) is 0 Å². The molecule has 1 aromatic heterocycles. The number of rotatable bonds is 4. The SMILES string of the molecule is COc1cc2ncc(C#N)c(Nc3cccc(O)c3)c2cc1OC. The van der Waals surface area contributed by atoms with Crippen LogP contribution in [-0.2, 0) is 0 Å². The maximum Gasteiger partial charge on any atom is 0.162 e. The second-order valence-electron chi connectivity index (χ2n) is 5.06. The topological polar surface area (TPSA) is 87.4 Å². The van der Waals surface area contributed by atoms with Crippen LogP contribution in [0.1, 0.15) is 5.56 Å². The molecule has 0 saturated heterocycles. The number of pyridine rings is 1. The number of phenolic OH excluding ortho intramolecular Hbond substituents is 1. The molecule has 0 aliphatic heterocycles. The van der Waals surface area contributed by atoms with Gasteiger partial charge in [0.2, 0.25) is 0 Å². The second kappa shape index (κ2) is 6.34. The quantitative estimate of drug-likeness (QED) is 0.764. The summed E-state index contributed by atoms with van der Waals surface area (Å²) >= 11 is 0. The van der Waals surface area contributed by atoms with E-state index in [0.717, 1.165) is 5.39 Å². The van der Waals surface area contributed by atoms with Gasteiger partial charge in [-0.15, -0.1) is 0 Å². The maximum atomic E-state index is 9.63. The van der Waals surface area contributed by atoms with Crippen LogP contribution in [0.25, 0.3) is 10.9 Å². The van der Waals surface area contributed by atoms with Crippen molar-refractivity contribution in [3.63, 3.8) is 0 Å². The maximum absolute atomic E-state index is 9.63. The van der Waals surface area contributed by atoms with Crippen molar-refractivity contribution in [3.8, 4) is 23.3 Å². The summed E-state index contributed by atoms with van der Waals surface area (Å²) in [7, 11) is 3.10. The lowest BCUT2D eigenvalue weighted by molar-refractivity contribution is 0.356. The van der Waals surface area contributed by atoms with Crippen molar-refractivity contribution in [1.29, 1.82) is 5.26 Å². The molecule has 3 aromatic rings. The number of methoxy groups -OCH3 is 2. The third-order valence-electron chi connectivity index (χ3n) is 3.61. The van der Waals surface area contributed by atoms with Crippen molar-refractivity contribution >= 4 is 22.3 Å². The molecule has 2 aromatic carbocycles. The Morgan fingerprint density at radius 2 is 1.88 bits per heavy atom. The van der Waals surface area contributed by atoms with Crippen LogP contribution in [0, 0.1) is 11.3 Å². The van der Waals surface area contributed by atoms with Gasteiger partial charge in [0, 0.05) is 29.4 Å². The molecule has 0 aliphatic rings. The number of nitriles is 1. The number of aromatic nitrogens is 1. The minimum Gasteiger partial charge on any atom is -0.508 e. The molecule has 0 spiro atoms. The summed E-state index contributed by atoms with van der Waals surface area (Å²) in [5.74, 6) is 1.24. The monoisotopic (exact) mass is 321 g/mol. The minimum absolute atomic E-state index is 0.135. The van der Waals surface area contributed by atoms with Gasteiger partial charge in [-0.3, -0.25) is 4.98 Å². The van der Waals surface area contributed by atoms with E-state index >= 15 is 0 Å². The van der Waals surface area contributed by atoms with Crippen molar-refractivity contribution in [2.75, 3.05) is 19.5 Å². The number of fused-ring (bicyclic) bond motifs is 1. The van der Waals surface area contributed by atoms with Gasteiger partial charge in [-0.1, -0.05) is 6.07 Å². The van der Waals surface area contributed by atoms with Crippen LogP contribution in [0.4, 0.5) is 11.4 Å². The number of benzene rings is 2. The first kappa shape index (κ1) is 15.4. The minimum atomic E-state index is 0.135. The van der Waals surface area contributed by atoms with Gasteiger partial charge >= 0.3 is 0 Å². The average molecular weight is 321 g/mol. The number of nitrogens with one attached hydrogen (secondary N) is 1. The number of ether oxygens (including phenoxy) is 2. The Morgan fingerprint density at radius 3 is 2.54 bits per heavy atom. The van der Waals surface area contributed by atoms with Crippen LogP contribution >= 0.6 is 0 Å². The molecule has 2 N–H and O–H groups in total. The van der Waals surface area contributed by atoms with Crippen LogP contribution in [0.3, 0.4) is 0 Å². The summed E-state index contributed by atoms with van der Waals surface area (Å²) in [4.78, 5) is 4.31. The molecule has 0 amide bonds. The van der Waals surface area contributed by atoms with Crippen LogP contribution < -0.4 is 14.8 Å². The lowest BCUT2D eigenvalue weighted by Crippen LogP contribution is -1.98. The molecule has 120 valence electrons. The van der Waals surface area contributed by atoms with Crippen LogP contribution in [0.5, 0.6) is 17.2 Å². The highest BCUT2D eigenvalue weighted by Crippen LogP contribution is 2.37. The van der Waals surface area contributed by atoms with Gasteiger partial charge in [-0.2, -0.15) is 5.26 Å². The lowest BCUT2D eigenvalue weighted by Gasteiger charge is -2.14. The van der Waals surface area contributed by atoms with E-state index in [1.165, 1.54) is 6.20 Å². The third-order valence-corrected chi connectivity index (χ3v) is 3.61. The average Bonchev–Trinajstić information content (AvgIpc) is 2.60. The van der Waals surface area contributed by atoms with Gasteiger partial charge in [-0.25, -0.2) is 0 Å². The number of hydrogen-bond donors (Lipinski definition) is 2. The third kappa shape index (κ3) is 2.75. The zero-order valence-corrected chi connectivity index (χ0v) is 13.2. The van der Waals surface area contributed by atoms with Gasteiger partial charge in [0.1, 0.15) is 11.8 Å². The van der Waals surface area contributed by atoms with E-state index in [0.29, 0.717) is 34.0 Å². The molecule has 6 nitrogen and oxygen atoms in total. The summed E-state index contributed by atoms with van der Waals surface area (Å²) in [6, 6.07) is 12.3. The highest BCUT2D eigenvalue weighted by atomic mass is 16.5. The standard InChI is InChI=1S/C18H15N3O3/c1-23-16-7-14-15(8-17(16)24-2)20-10-11(9-19)18(14)21-12-4-3-5-13(22)6-12/h3-8,10,22H,1-2H3,(H,20,21). The molecule has 3 rings (SSSR count). The predicted molar refractivity (Wildman–Crippen MR) is 91.0 cm³/mol. The molecule has 1 heterocycles. The molecule has 0 atom stereocenters. The summed E-state index contributed by atoms with van der Waals surface area (Å²) in [5.41, 5.74) is 2.30. The van der Waals surface area contributed by atoms with E-state index in [1.807, 2.05) is 0 Å². The largest absolute Gasteiger partial charge is 0.508 e. The fourth-order valence-electron chi connectivity index (χ4n) is 2.47. The highest BCUT2D eigenvalue weighted by molar-refractivity contribution is 5.97. The molecule has 0 fully saturated rings. The van der Waals surface area contributed by atoms with Gasteiger partial charge in [-0.05, 0) is 18.2 Å². The number of nitrogens with zero attached hydrogens (tertiary/aromatic N) is 2. The number of aromatic hydroxyl groups is 1. The normalized spacial score (nSPS) is 10.2. The van der Waals surface area contributed by atoms with E-state index in [2.05, 4.69) is 16.4 Å². The van der Waals surface area contributed by atoms with Crippen molar-refractivity contribution in [2.24, 2.45) is 0 Å². The number of anilines is 2. The Kier molecular flexibility index (Phi) is 4.08. The predicted octanol–water partition coefficient (Wildman–Crippen LogP) is 3.57. The molecule has 0 radical (unpaired) electrons. The first-order valence-electron chi connectivity index (χ1n) is 7.17. The van der Waals surface area contributed by atoms with Crippen LogP contribution in [-0.4, -0.2) is 24.3 Å². The summed E-state index contributed by atoms with van der Waals surface area (Å²) in [6.45, 7) is 0. The Balaban J connectivity index is 2.22. The Morgan fingerprint density at radius 1 is 1.12 bits per heavy atom. The van der Waals surface area contributed by atoms with Crippen molar-refractivity contribution < 1.29 is 14.6 Å². The van der Waals surface area contributed by atoms with Crippen molar-refractivity contribution in [3.05, 3.63) is 48.2 Å². The summed E-state index contributed by atoms with van der Waals surface area (Å²) in [5, 5.41) is 22.9. The number of hydrogen-bond acceptors (Lipinski definition) is 6. The zero-order chi connectivity index (χ0) is 17.1. The van der Waals surface area contributed by atoms with E-state index < -0.39 is 0 Å². The molecule has 24 heavy (non-hydrogen) atoms. The summed E-state index contributed by atoms with van der Waals surface area (Å²) in [6.07, 6.45) is 1.50. The highest BCUT2D eigenvalue weighted by Gasteiger charge is 2.14. The number of phenols is 1. The summed E-state index contributed by atoms with van der Waals surface area (Å²) < 4.78 is 10.6. The first-order valence-corrected chi connectivity index (χ1v) is 7.17. The Labute approximate surface area is 138 Å². The van der Waals surface area contributed by atoms with E-state index in [4.69, 9.17) is 9.47 Å². The molecule has 6 heteroatoms. The molecular formula is C18H15N3O3.